The molecule has 1 aliphatic rings. The quantitative estimate of drug-likeness (QED) is 0.0596. The molecular weight excluding hydrogens is 717 g/mol. The van der Waals surface area contributed by atoms with E-state index in [1.165, 1.54) is 193 Å². The van der Waals surface area contributed by atoms with E-state index >= 15 is 0 Å². The van der Waals surface area contributed by atoms with Gasteiger partial charge in [0.25, 0.3) is 0 Å². The van der Waals surface area contributed by atoms with Crippen molar-refractivity contribution in [2.24, 2.45) is 17.3 Å². The second kappa shape index (κ2) is 38.8. The number of hydrogen-bond donors (Lipinski definition) is 2. The fourth-order valence-corrected chi connectivity index (χ4v) is 10.1. The molecule has 1 aliphatic heterocycles. The van der Waals surface area contributed by atoms with Crippen LogP contribution in [0.2, 0.25) is 0 Å². The normalized spacial score (nSPS) is 15.6. The van der Waals surface area contributed by atoms with Crippen molar-refractivity contribution in [1.29, 1.82) is 0 Å². The topological polar surface area (TPSA) is 81.1 Å². The Hall–Kier alpha value is -1.14. The number of carbonyl (C=O) groups is 2. The van der Waals surface area contributed by atoms with Crippen molar-refractivity contribution in [1.82, 2.24) is 9.80 Å². The van der Waals surface area contributed by atoms with Gasteiger partial charge in [-0.2, -0.15) is 0 Å². The molecular formula is C52H102N2O4. The summed E-state index contributed by atoms with van der Waals surface area (Å²) in [4.78, 5) is 30.9. The number of hydrogen-bond acceptors (Lipinski definition) is 4. The van der Waals surface area contributed by atoms with Gasteiger partial charge in [0.15, 0.2) is 0 Å². The number of nitrogens with zero attached hydrogens (tertiary/aromatic N) is 2. The lowest BCUT2D eigenvalue weighted by molar-refractivity contribution is -0.153. The lowest BCUT2D eigenvalue weighted by atomic mass is 9.69. The molecule has 344 valence electrons. The van der Waals surface area contributed by atoms with Crippen LogP contribution < -0.4 is 0 Å². The predicted octanol–water partition coefficient (Wildman–Crippen LogP) is 15.5. The fraction of sp³-hybridized carbons (Fsp3) is 0.962. The molecule has 0 saturated carbocycles. The van der Waals surface area contributed by atoms with Crippen LogP contribution in [0.1, 0.15) is 265 Å². The lowest BCUT2D eigenvalue weighted by Crippen LogP contribution is -2.48. The third-order valence-electron chi connectivity index (χ3n) is 13.8. The van der Waals surface area contributed by atoms with Crippen LogP contribution in [-0.2, 0) is 9.59 Å². The monoisotopic (exact) mass is 819 g/mol. The molecule has 6 nitrogen and oxygen atoms in total. The maximum absolute atomic E-state index is 14.2. The van der Waals surface area contributed by atoms with Gasteiger partial charge in [-0.15, -0.1) is 0 Å². The summed E-state index contributed by atoms with van der Waals surface area (Å²) < 4.78 is 0. The van der Waals surface area contributed by atoms with Gasteiger partial charge in [-0.05, 0) is 50.6 Å². The van der Waals surface area contributed by atoms with Crippen LogP contribution in [0.4, 0.5) is 0 Å². The first kappa shape index (κ1) is 54.9. The van der Waals surface area contributed by atoms with E-state index in [0.29, 0.717) is 24.9 Å². The smallest absolute Gasteiger partial charge is 0.310 e. The Morgan fingerprint density at radius 1 is 0.500 bits per heavy atom. The number of rotatable bonds is 45. The van der Waals surface area contributed by atoms with Gasteiger partial charge >= 0.3 is 11.9 Å². The summed E-state index contributed by atoms with van der Waals surface area (Å²) in [6.07, 6.45) is 44.8. The Morgan fingerprint density at radius 3 is 1.14 bits per heavy atom. The number of unbranched alkanes of at least 4 members (excludes halogenated alkanes) is 24. The van der Waals surface area contributed by atoms with Gasteiger partial charge < -0.3 is 20.0 Å². The minimum absolute atomic E-state index is 0.0780. The predicted molar refractivity (Wildman–Crippen MR) is 251 cm³/mol. The van der Waals surface area contributed by atoms with Crippen LogP contribution in [0.15, 0.2) is 0 Å². The van der Waals surface area contributed by atoms with Crippen molar-refractivity contribution in [3.05, 3.63) is 0 Å². The summed E-state index contributed by atoms with van der Waals surface area (Å²) in [6, 6.07) is 0. The highest BCUT2D eigenvalue weighted by Gasteiger charge is 2.43. The summed E-state index contributed by atoms with van der Waals surface area (Å²) in [6.45, 7) is 14.0. The molecule has 0 aliphatic carbocycles. The van der Waals surface area contributed by atoms with Crippen molar-refractivity contribution in [2.75, 3.05) is 39.3 Å². The number of carboxylic acid groups (broad SMARTS) is 2. The molecule has 2 N–H and O–H groups in total. The van der Waals surface area contributed by atoms with Gasteiger partial charge in [0.2, 0.25) is 0 Å². The number of likely N-dealkylation sites (tertiary alicyclic amines) is 1. The van der Waals surface area contributed by atoms with E-state index in [1.54, 1.807) is 0 Å². The molecule has 0 aromatic carbocycles. The minimum Gasteiger partial charge on any atom is -0.481 e. The van der Waals surface area contributed by atoms with Crippen LogP contribution in [-0.4, -0.2) is 71.2 Å². The lowest BCUT2D eigenvalue weighted by Gasteiger charge is -2.40. The SMILES string of the molecule is CCCCCCCCCCC(CCCCCCCC)CC(CC(CCCCCCCC)CCCCCCCCCC)(CN(CCC(=O)O)CCN1CCCC1)C(=O)O. The Morgan fingerprint density at radius 2 is 0.828 bits per heavy atom. The molecule has 6 heteroatoms. The van der Waals surface area contributed by atoms with Crippen LogP contribution in [0.25, 0.3) is 0 Å². The molecule has 0 bridgehead atoms. The molecule has 0 amide bonds. The summed E-state index contributed by atoms with van der Waals surface area (Å²) in [5.41, 5.74) is -0.844. The molecule has 58 heavy (non-hydrogen) atoms. The Kier molecular flexibility index (Phi) is 36.7. The highest BCUT2D eigenvalue weighted by molar-refractivity contribution is 5.75. The first-order valence-electron chi connectivity index (χ1n) is 26.2. The fourth-order valence-electron chi connectivity index (χ4n) is 10.1. The van der Waals surface area contributed by atoms with Crippen molar-refractivity contribution in [3.63, 3.8) is 0 Å². The van der Waals surface area contributed by atoms with Gasteiger partial charge in [-0.3, -0.25) is 9.59 Å². The molecule has 0 aromatic rings. The molecule has 2 unspecified atom stereocenters. The summed E-state index contributed by atoms with van der Waals surface area (Å²) >= 11 is 0. The molecule has 2 atom stereocenters. The Labute approximate surface area is 362 Å². The number of aliphatic carboxylic acids is 2. The maximum Gasteiger partial charge on any atom is 0.310 e. The number of carboxylic acids is 2. The summed E-state index contributed by atoms with van der Waals surface area (Å²) in [5.74, 6) is -0.555. The van der Waals surface area contributed by atoms with Crippen LogP contribution in [0.5, 0.6) is 0 Å². The third kappa shape index (κ3) is 30.0. The van der Waals surface area contributed by atoms with E-state index in [4.69, 9.17) is 0 Å². The molecule has 0 spiro atoms. The Bertz CT molecular complexity index is 879. The van der Waals surface area contributed by atoms with Crippen LogP contribution in [0.3, 0.4) is 0 Å². The van der Waals surface area contributed by atoms with Crippen molar-refractivity contribution < 1.29 is 19.8 Å². The first-order valence-corrected chi connectivity index (χ1v) is 26.2. The molecule has 1 fully saturated rings. The van der Waals surface area contributed by atoms with E-state index in [0.717, 1.165) is 64.7 Å². The standard InChI is InChI=1S/C52H102N2O4/c1-5-9-13-17-21-23-27-31-37-48(35-29-25-19-15-11-7-3)45-52(51(57)58,47-54(42-39-50(55)56)44-43-53-40-33-34-41-53)46-49(36-30-26-20-16-12-8-4)38-32-28-24-22-18-14-10-6-2/h48-49H,5-47H2,1-4H3,(H,55,56)(H,57,58). The van der Waals surface area contributed by atoms with Gasteiger partial charge in [0.1, 0.15) is 0 Å². The van der Waals surface area contributed by atoms with Crippen molar-refractivity contribution >= 4 is 11.9 Å². The highest BCUT2D eigenvalue weighted by atomic mass is 16.4. The zero-order valence-electron chi connectivity index (χ0n) is 39.7. The van der Waals surface area contributed by atoms with E-state index in [-0.39, 0.29) is 6.42 Å². The van der Waals surface area contributed by atoms with Gasteiger partial charge in [-0.25, -0.2) is 0 Å². The minimum atomic E-state index is -0.844. The van der Waals surface area contributed by atoms with Crippen molar-refractivity contribution in [2.45, 2.75) is 265 Å². The third-order valence-corrected chi connectivity index (χ3v) is 13.8. The second-order valence-electron chi connectivity index (χ2n) is 19.3. The second-order valence-corrected chi connectivity index (χ2v) is 19.3. The van der Waals surface area contributed by atoms with E-state index in [2.05, 4.69) is 37.5 Å². The first-order chi connectivity index (χ1) is 28.3. The largest absolute Gasteiger partial charge is 0.481 e. The van der Waals surface area contributed by atoms with Gasteiger partial charge in [0.05, 0.1) is 11.8 Å². The zero-order chi connectivity index (χ0) is 42.4. The average Bonchev–Trinajstić information content (AvgIpc) is 3.74. The van der Waals surface area contributed by atoms with Gasteiger partial charge in [-0.1, -0.05) is 233 Å². The van der Waals surface area contributed by atoms with E-state index in [9.17, 15) is 19.8 Å². The zero-order valence-corrected chi connectivity index (χ0v) is 39.7. The van der Waals surface area contributed by atoms with Crippen LogP contribution in [0, 0.1) is 17.3 Å². The molecule has 1 rings (SSSR count). The Balaban J connectivity index is 3.38. The van der Waals surface area contributed by atoms with Crippen LogP contribution >= 0.6 is 0 Å². The van der Waals surface area contributed by atoms with E-state index < -0.39 is 17.4 Å². The molecule has 0 radical (unpaired) electrons. The highest BCUT2D eigenvalue weighted by Crippen LogP contribution is 2.42. The average molecular weight is 819 g/mol. The molecule has 1 heterocycles. The van der Waals surface area contributed by atoms with E-state index in [1.807, 2.05) is 0 Å². The summed E-state index contributed by atoms with van der Waals surface area (Å²) in [5, 5.41) is 21.5. The van der Waals surface area contributed by atoms with Crippen molar-refractivity contribution in [3.8, 4) is 0 Å². The molecule has 1 saturated heterocycles. The van der Waals surface area contributed by atoms with Gasteiger partial charge in [0, 0.05) is 26.2 Å². The summed E-state index contributed by atoms with van der Waals surface area (Å²) in [7, 11) is 0. The maximum atomic E-state index is 14.2. The molecule has 0 aromatic heterocycles.